The first kappa shape index (κ1) is 13.1. The standard InChI is InChI=1S/C15H11ClN2O/c16-15-7-3-4-12(8-15)10-18-19-11-14-6-2-1-5-13(14)9-17/h1-8,10H,11H2/b18-10-. The van der Waals surface area contributed by atoms with Crippen LogP contribution in [-0.2, 0) is 11.4 Å². The van der Waals surface area contributed by atoms with Gasteiger partial charge in [-0.25, -0.2) is 0 Å². The van der Waals surface area contributed by atoms with Crippen molar-refractivity contribution in [2.24, 2.45) is 5.16 Å². The van der Waals surface area contributed by atoms with Crippen LogP contribution in [0, 0.1) is 11.3 Å². The molecular weight excluding hydrogens is 260 g/mol. The summed E-state index contributed by atoms with van der Waals surface area (Å²) < 4.78 is 0. The summed E-state index contributed by atoms with van der Waals surface area (Å²) in [6.45, 7) is 0.265. The summed E-state index contributed by atoms with van der Waals surface area (Å²) in [5.41, 5.74) is 2.27. The average molecular weight is 271 g/mol. The first-order valence-electron chi connectivity index (χ1n) is 5.68. The number of hydrogen-bond acceptors (Lipinski definition) is 3. The Bertz CT molecular complexity index is 632. The van der Waals surface area contributed by atoms with E-state index < -0.39 is 0 Å². The van der Waals surface area contributed by atoms with Crippen molar-refractivity contribution in [2.75, 3.05) is 0 Å². The molecule has 2 rings (SSSR count). The molecule has 0 aliphatic rings. The SMILES string of the molecule is N#Cc1ccccc1CO/N=C\c1cccc(Cl)c1. The van der Waals surface area contributed by atoms with Crippen molar-refractivity contribution in [1.82, 2.24) is 0 Å². The molecule has 0 bridgehead atoms. The summed E-state index contributed by atoms with van der Waals surface area (Å²) in [4.78, 5) is 5.18. The van der Waals surface area contributed by atoms with Crippen LogP contribution >= 0.6 is 11.6 Å². The van der Waals surface area contributed by atoms with Gasteiger partial charge in [0.15, 0.2) is 0 Å². The second-order valence-electron chi connectivity index (χ2n) is 3.83. The highest BCUT2D eigenvalue weighted by Gasteiger charge is 1.99. The normalized spacial score (nSPS) is 10.3. The Morgan fingerprint density at radius 2 is 2.05 bits per heavy atom. The summed E-state index contributed by atoms with van der Waals surface area (Å²) >= 11 is 5.85. The molecule has 0 saturated heterocycles. The second kappa shape index (κ2) is 6.58. The topological polar surface area (TPSA) is 45.4 Å². The van der Waals surface area contributed by atoms with Gasteiger partial charge < -0.3 is 4.84 Å². The lowest BCUT2D eigenvalue weighted by Gasteiger charge is -2.01. The van der Waals surface area contributed by atoms with Gasteiger partial charge in [0.05, 0.1) is 17.8 Å². The molecule has 0 radical (unpaired) electrons. The van der Waals surface area contributed by atoms with E-state index in [1.165, 1.54) is 0 Å². The van der Waals surface area contributed by atoms with E-state index >= 15 is 0 Å². The molecule has 0 saturated carbocycles. The lowest BCUT2D eigenvalue weighted by atomic mass is 10.1. The molecule has 0 fully saturated rings. The highest BCUT2D eigenvalue weighted by Crippen LogP contribution is 2.10. The fourth-order valence-corrected chi connectivity index (χ4v) is 1.75. The summed E-state index contributed by atoms with van der Waals surface area (Å²) in [5.74, 6) is 0. The van der Waals surface area contributed by atoms with Gasteiger partial charge in [-0.1, -0.05) is 47.1 Å². The van der Waals surface area contributed by atoms with Crippen LogP contribution in [0.15, 0.2) is 53.7 Å². The van der Waals surface area contributed by atoms with Crippen molar-refractivity contribution >= 4 is 17.8 Å². The van der Waals surface area contributed by atoms with E-state index in [1.54, 1.807) is 24.4 Å². The summed E-state index contributed by atoms with van der Waals surface area (Å²) in [7, 11) is 0. The minimum absolute atomic E-state index is 0.265. The number of nitrogens with zero attached hydrogens (tertiary/aromatic N) is 2. The zero-order valence-corrected chi connectivity index (χ0v) is 10.8. The molecule has 94 valence electrons. The van der Waals surface area contributed by atoms with Crippen LogP contribution < -0.4 is 0 Å². The number of halogens is 1. The van der Waals surface area contributed by atoms with E-state index in [-0.39, 0.29) is 6.61 Å². The van der Waals surface area contributed by atoms with E-state index in [0.29, 0.717) is 10.6 Å². The van der Waals surface area contributed by atoms with Gasteiger partial charge in [-0.15, -0.1) is 0 Å². The molecule has 0 unspecified atom stereocenters. The maximum absolute atomic E-state index is 8.92. The molecule has 4 heteroatoms. The highest BCUT2D eigenvalue weighted by atomic mass is 35.5. The summed E-state index contributed by atoms with van der Waals surface area (Å²) in [5, 5.41) is 13.4. The number of hydrogen-bond donors (Lipinski definition) is 0. The number of benzene rings is 2. The van der Waals surface area contributed by atoms with Gasteiger partial charge in [-0.2, -0.15) is 5.26 Å². The van der Waals surface area contributed by atoms with Gasteiger partial charge in [-0.05, 0) is 23.8 Å². The lowest BCUT2D eigenvalue weighted by Crippen LogP contribution is -1.92. The Hall–Kier alpha value is -2.31. The van der Waals surface area contributed by atoms with Crippen molar-refractivity contribution in [3.8, 4) is 6.07 Å². The first-order valence-corrected chi connectivity index (χ1v) is 6.06. The molecule has 0 aliphatic heterocycles. The summed E-state index contributed by atoms with van der Waals surface area (Å²) in [6.07, 6.45) is 1.58. The van der Waals surface area contributed by atoms with Crippen LogP contribution in [0.2, 0.25) is 5.02 Å². The summed E-state index contributed by atoms with van der Waals surface area (Å²) in [6, 6.07) is 16.7. The minimum Gasteiger partial charge on any atom is -0.391 e. The van der Waals surface area contributed by atoms with Crippen LogP contribution in [0.4, 0.5) is 0 Å². The van der Waals surface area contributed by atoms with E-state index in [9.17, 15) is 0 Å². The average Bonchev–Trinajstić information content (AvgIpc) is 2.44. The van der Waals surface area contributed by atoms with E-state index in [2.05, 4.69) is 11.2 Å². The number of oxime groups is 1. The number of rotatable bonds is 4. The molecule has 0 aliphatic carbocycles. The Kier molecular flexibility index (Phi) is 4.54. The van der Waals surface area contributed by atoms with E-state index in [1.807, 2.05) is 30.3 Å². The van der Waals surface area contributed by atoms with Gasteiger partial charge in [-0.3, -0.25) is 0 Å². The molecule has 0 aromatic heterocycles. The third kappa shape index (κ3) is 3.84. The van der Waals surface area contributed by atoms with Crippen LogP contribution in [0.25, 0.3) is 0 Å². The Morgan fingerprint density at radius 1 is 1.21 bits per heavy atom. The quantitative estimate of drug-likeness (QED) is 0.627. The molecular formula is C15H11ClN2O. The smallest absolute Gasteiger partial charge is 0.143 e. The highest BCUT2D eigenvalue weighted by molar-refractivity contribution is 6.30. The Labute approximate surface area is 116 Å². The zero-order valence-electron chi connectivity index (χ0n) is 10.1. The van der Waals surface area contributed by atoms with Crippen molar-refractivity contribution in [2.45, 2.75) is 6.61 Å². The molecule has 0 heterocycles. The molecule has 3 nitrogen and oxygen atoms in total. The van der Waals surface area contributed by atoms with Gasteiger partial charge in [0.25, 0.3) is 0 Å². The monoisotopic (exact) mass is 270 g/mol. The predicted molar refractivity (Wildman–Crippen MR) is 75.0 cm³/mol. The van der Waals surface area contributed by atoms with Crippen molar-refractivity contribution in [3.05, 3.63) is 70.2 Å². The third-order valence-corrected chi connectivity index (χ3v) is 2.72. The van der Waals surface area contributed by atoms with Gasteiger partial charge in [0.2, 0.25) is 0 Å². The Morgan fingerprint density at radius 3 is 2.84 bits per heavy atom. The lowest BCUT2D eigenvalue weighted by molar-refractivity contribution is 0.132. The maximum Gasteiger partial charge on any atom is 0.143 e. The molecule has 2 aromatic carbocycles. The largest absolute Gasteiger partial charge is 0.391 e. The molecule has 0 atom stereocenters. The van der Waals surface area contributed by atoms with Crippen molar-refractivity contribution in [3.63, 3.8) is 0 Å². The maximum atomic E-state index is 8.92. The van der Waals surface area contributed by atoms with Gasteiger partial charge >= 0.3 is 0 Å². The predicted octanol–water partition coefficient (Wildman–Crippen LogP) is 3.76. The minimum atomic E-state index is 0.265. The molecule has 2 aromatic rings. The molecule has 0 spiro atoms. The fraction of sp³-hybridized carbons (Fsp3) is 0.0667. The van der Waals surface area contributed by atoms with Crippen molar-refractivity contribution < 1.29 is 4.84 Å². The van der Waals surface area contributed by atoms with Crippen LogP contribution in [0.5, 0.6) is 0 Å². The zero-order chi connectivity index (χ0) is 13.5. The van der Waals surface area contributed by atoms with E-state index in [0.717, 1.165) is 11.1 Å². The van der Waals surface area contributed by atoms with Crippen LogP contribution in [-0.4, -0.2) is 6.21 Å². The fourth-order valence-electron chi connectivity index (χ4n) is 1.55. The second-order valence-corrected chi connectivity index (χ2v) is 4.27. The van der Waals surface area contributed by atoms with E-state index in [4.69, 9.17) is 21.7 Å². The first-order chi connectivity index (χ1) is 9.29. The molecule has 0 amide bonds. The van der Waals surface area contributed by atoms with Crippen LogP contribution in [0.1, 0.15) is 16.7 Å². The van der Waals surface area contributed by atoms with Crippen molar-refractivity contribution in [1.29, 1.82) is 5.26 Å². The number of nitriles is 1. The Balaban J connectivity index is 1.95. The molecule has 0 N–H and O–H groups in total. The van der Waals surface area contributed by atoms with Crippen LogP contribution in [0.3, 0.4) is 0 Å². The third-order valence-electron chi connectivity index (χ3n) is 2.48. The molecule has 19 heavy (non-hydrogen) atoms. The van der Waals surface area contributed by atoms with Gasteiger partial charge in [0.1, 0.15) is 6.61 Å². The van der Waals surface area contributed by atoms with Gasteiger partial charge in [0, 0.05) is 10.6 Å².